The van der Waals surface area contributed by atoms with Crippen LogP contribution < -0.4 is 5.73 Å². The van der Waals surface area contributed by atoms with Crippen molar-refractivity contribution in [2.75, 3.05) is 6.61 Å². The summed E-state index contributed by atoms with van der Waals surface area (Å²) in [5.41, 5.74) is 3.23. The van der Waals surface area contributed by atoms with Crippen LogP contribution >= 0.6 is 0 Å². The number of nitrogens with two attached hydrogens (primary N) is 1. The molecule has 0 spiro atoms. The fraction of sp³-hybridized carbons (Fsp3) is 0.500. The Kier molecular flexibility index (Phi) is 3.74. The normalized spacial score (nSPS) is 29.9. The lowest BCUT2D eigenvalue weighted by atomic mass is 9.73. The number of benzene rings is 1. The Bertz CT molecular complexity index is 722. The molecule has 0 amide bonds. The van der Waals surface area contributed by atoms with E-state index in [0.29, 0.717) is 0 Å². The summed E-state index contributed by atoms with van der Waals surface area (Å²) < 4.78 is 58.9. The highest BCUT2D eigenvalue weighted by molar-refractivity contribution is 5.82. The van der Waals surface area contributed by atoms with Crippen LogP contribution in [0.5, 0.6) is 0 Å². The Balaban J connectivity index is 2.17. The third-order valence-corrected chi connectivity index (χ3v) is 4.47. The molecule has 2 aliphatic heterocycles. The Morgan fingerprint density at radius 3 is 2.75 bits per heavy atom. The van der Waals surface area contributed by atoms with Crippen molar-refractivity contribution in [3.8, 4) is 0 Å². The highest BCUT2D eigenvalue weighted by atomic mass is 19.4. The van der Waals surface area contributed by atoms with E-state index in [9.17, 15) is 27.7 Å². The van der Waals surface area contributed by atoms with Crippen LogP contribution in [0.3, 0.4) is 0 Å². The first kappa shape index (κ1) is 16.6. The Labute approximate surface area is 133 Å². The molecular weight excluding hydrogens is 334 g/mol. The second-order valence-electron chi connectivity index (χ2n) is 5.87. The fourth-order valence-electron chi connectivity index (χ4n) is 3.43. The molecule has 130 valence electrons. The maximum absolute atomic E-state index is 14.3. The van der Waals surface area contributed by atoms with Gasteiger partial charge in [0, 0.05) is 30.0 Å². The van der Waals surface area contributed by atoms with Crippen molar-refractivity contribution in [1.29, 1.82) is 0 Å². The van der Waals surface area contributed by atoms with Crippen molar-refractivity contribution in [3.05, 3.63) is 39.7 Å². The zero-order valence-corrected chi connectivity index (χ0v) is 12.2. The van der Waals surface area contributed by atoms with E-state index in [2.05, 4.69) is 4.99 Å². The predicted molar refractivity (Wildman–Crippen MR) is 74.9 cm³/mol. The van der Waals surface area contributed by atoms with Gasteiger partial charge in [0.15, 0.2) is 6.10 Å². The van der Waals surface area contributed by atoms with Crippen LogP contribution in [0.25, 0.3) is 0 Å². The average molecular weight is 347 g/mol. The number of ether oxygens (including phenoxy) is 1. The zero-order valence-electron chi connectivity index (χ0n) is 12.2. The number of halogens is 4. The molecule has 2 aliphatic rings. The van der Waals surface area contributed by atoms with Gasteiger partial charge in [0.1, 0.15) is 11.4 Å². The molecule has 2 heterocycles. The van der Waals surface area contributed by atoms with Crippen LogP contribution in [0.4, 0.5) is 23.2 Å². The van der Waals surface area contributed by atoms with Gasteiger partial charge in [-0.2, -0.15) is 13.2 Å². The molecule has 0 aromatic heterocycles. The number of aliphatic imine (C=N–C) groups is 1. The van der Waals surface area contributed by atoms with E-state index in [1.807, 2.05) is 0 Å². The molecule has 0 aliphatic carbocycles. The van der Waals surface area contributed by atoms with Gasteiger partial charge in [0.25, 0.3) is 5.69 Å². The van der Waals surface area contributed by atoms with E-state index in [4.69, 9.17) is 10.5 Å². The minimum absolute atomic E-state index is 0.00163. The number of hydrogen-bond acceptors (Lipinski definition) is 5. The molecule has 6 nitrogen and oxygen atoms in total. The molecule has 24 heavy (non-hydrogen) atoms. The van der Waals surface area contributed by atoms with Crippen LogP contribution in [0, 0.1) is 21.8 Å². The first-order valence-corrected chi connectivity index (χ1v) is 7.12. The Hall–Kier alpha value is -2.23. The van der Waals surface area contributed by atoms with Gasteiger partial charge in [-0.3, -0.25) is 15.1 Å². The summed E-state index contributed by atoms with van der Waals surface area (Å²) >= 11 is 0. The lowest BCUT2D eigenvalue weighted by Crippen LogP contribution is -2.45. The summed E-state index contributed by atoms with van der Waals surface area (Å²) in [6, 6.07) is 2.70. The third-order valence-electron chi connectivity index (χ3n) is 4.47. The van der Waals surface area contributed by atoms with Crippen molar-refractivity contribution >= 4 is 11.5 Å². The van der Waals surface area contributed by atoms with E-state index >= 15 is 0 Å². The lowest BCUT2D eigenvalue weighted by molar-refractivity contribution is -0.385. The van der Waals surface area contributed by atoms with Crippen molar-refractivity contribution in [3.63, 3.8) is 0 Å². The molecule has 3 atom stereocenters. The first-order chi connectivity index (χ1) is 11.1. The molecule has 3 rings (SSSR count). The lowest BCUT2D eigenvalue weighted by Gasteiger charge is -2.36. The van der Waals surface area contributed by atoms with E-state index < -0.39 is 46.8 Å². The van der Waals surface area contributed by atoms with Crippen molar-refractivity contribution in [2.45, 2.75) is 30.7 Å². The van der Waals surface area contributed by atoms with Crippen LogP contribution in [0.2, 0.25) is 0 Å². The number of nitro benzene ring substituents is 1. The second kappa shape index (κ2) is 5.40. The first-order valence-electron chi connectivity index (χ1n) is 7.12. The molecule has 0 bridgehead atoms. The summed E-state index contributed by atoms with van der Waals surface area (Å²) in [4.78, 5) is 14.3. The van der Waals surface area contributed by atoms with Gasteiger partial charge in [0.2, 0.25) is 0 Å². The van der Waals surface area contributed by atoms with Gasteiger partial charge in [0.05, 0.1) is 17.4 Å². The fourth-order valence-corrected chi connectivity index (χ4v) is 3.43. The van der Waals surface area contributed by atoms with Crippen molar-refractivity contribution in [2.24, 2.45) is 16.6 Å². The van der Waals surface area contributed by atoms with Gasteiger partial charge in [-0.1, -0.05) is 0 Å². The molecular formula is C14H13F4N3O3. The molecule has 10 heteroatoms. The van der Waals surface area contributed by atoms with Crippen molar-refractivity contribution < 1.29 is 27.2 Å². The van der Waals surface area contributed by atoms with Gasteiger partial charge in [-0.05, 0) is 12.5 Å². The Morgan fingerprint density at radius 1 is 1.42 bits per heavy atom. The molecule has 0 unspecified atom stereocenters. The van der Waals surface area contributed by atoms with E-state index in [0.717, 1.165) is 18.2 Å². The number of alkyl halides is 3. The van der Waals surface area contributed by atoms with E-state index in [-0.39, 0.29) is 24.2 Å². The maximum Gasteiger partial charge on any atom is 0.414 e. The quantitative estimate of drug-likeness (QED) is 0.506. The maximum atomic E-state index is 14.3. The number of rotatable bonds is 2. The van der Waals surface area contributed by atoms with E-state index in [1.54, 1.807) is 0 Å². The summed E-state index contributed by atoms with van der Waals surface area (Å²) in [5.74, 6) is -2.00. The van der Waals surface area contributed by atoms with E-state index in [1.165, 1.54) is 0 Å². The molecule has 0 radical (unpaired) electrons. The molecule has 1 fully saturated rings. The number of nitro groups is 1. The SMILES string of the molecule is NC1=N[C@@]2(c3cc([N+](=O)[O-])ccc3F)CO[C@H](C(F)(F)F)[C@H]2CC1. The number of non-ortho nitro benzene ring substituents is 1. The second-order valence-corrected chi connectivity index (χ2v) is 5.87. The van der Waals surface area contributed by atoms with Gasteiger partial charge < -0.3 is 10.5 Å². The van der Waals surface area contributed by atoms with Gasteiger partial charge in [-0.15, -0.1) is 0 Å². The molecule has 0 saturated carbocycles. The average Bonchev–Trinajstić information content (AvgIpc) is 2.86. The number of hydrogen-bond donors (Lipinski definition) is 1. The number of amidine groups is 1. The minimum atomic E-state index is -4.65. The van der Waals surface area contributed by atoms with Crippen LogP contribution in [-0.2, 0) is 10.3 Å². The smallest absolute Gasteiger partial charge is 0.387 e. The summed E-state index contributed by atoms with van der Waals surface area (Å²) in [7, 11) is 0. The molecule has 2 N–H and O–H groups in total. The van der Waals surface area contributed by atoms with Gasteiger partial charge in [-0.25, -0.2) is 4.39 Å². The number of fused-ring (bicyclic) bond motifs is 1. The third kappa shape index (κ3) is 2.50. The van der Waals surface area contributed by atoms with Crippen LogP contribution in [-0.4, -0.2) is 29.6 Å². The molecule has 1 aromatic carbocycles. The molecule has 1 aromatic rings. The highest BCUT2D eigenvalue weighted by Crippen LogP contribution is 2.52. The standard InChI is InChI=1S/C14H13F4N3O3/c15-10-3-1-7(21(22)23)5-9(10)13-6-24-12(14(16,17)18)8(13)2-4-11(19)20-13/h1,3,5,8,12H,2,4,6H2,(H2,19,20)/t8-,12+,13+/m1/s1. The Morgan fingerprint density at radius 2 is 2.12 bits per heavy atom. The largest absolute Gasteiger partial charge is 0.414 e. The van der Waals surface area contributed by atoms with Crippen LogP contribution in [0.1, 0.15) is 18.4 Å². The minimum Gasteiger partial charge on any atom is -0.387 e. The monoisotopic (exact) mass is 347 g/mol. The highest BCUT2D eigenvalue weighted by Gasteiger charge is 2.61. The molecule has 1 saturated heterocycles. The zero-order chi connectivity index (χ0) is 17.7. The number of nitrogens with zero attached hydrogens (tertiary/aromatic N) is 2. The predicted octanol–water partition coefficient (Wildman–Crippen LogP) is 2.66. The van der Waals surface area contributed by atoms with Crippen molar-refractivity contribution in [1.82, 2.24) is 0 Å². The van der Waals surface area contributed by atoms with Gasteiger partial charge >= 0.3 is 6.18 Å². The summed E-state index contributed by atoms with van der Waals surface area (Å²) in [6.07, 6.45) is -6.64. The van der Waals surface area contributed by atoms with Crippen LogP contribution in [0.15, 0.2) is 23.2 Å². The topological polar surface area (TPSA) is 90.8 Å². The summed E-state index contributed by atoms with van der Waals surface area (Å²) in [6.45, 7) is -0.541. The summed E-state index contributed by atoms with van der Waals surface area (Å²) in [5, 5.41) is 10.9.